The van der Waals surface area contributed by atoms with Gasteiger partial charge in [0.2, 0.25) is 0 Å². The van der Waals surface area contributed by atoms with Crippen LogP contribution in [0.3, 0.4) is 0 Å². The first-order chi connectivity index (χ1) is 10.3. The Morgan fingerprint density at radius 1 is 1.38 bits per heavy atom. The van der Waals surface area contributed by atoms with Crippen LogP contribution >= 0.6 is 0 Å². The number of amides is 1. The van der Waals surface area contributed by atoms with E-state index in [-0.39, 0.29) is 11.9 Å². The molecule has 1 aromatic carbocycles. The van der Waals surface area contributed by atoms with E-state index in [9.17, 15) is 4.79 Å². The first-order valence-electron chi connectivity index (χ1n) is 6.81. The molecule has 0 bridgehead atoms. The van der Waals surface area contributed by atoms with Crippen molar-refractivity contribution in [1.29, 1.82) is 5.26 Å². The Hall–Kier alpha value is -2.81. The topological polar surface area (TPSA) is 74.0 Å². The minimum absolute atomic E-state index is 0.0130. The van der Waals surface area contributed by atoms with E-state index in [0.29, 0.717) is 18.8 Å². The van der Waals surface area contributed by atoms with E-state index >= 15 is 0 Å². The fourth-order valence-electron chi connectivity index (χ4n) is 2.41. The van der Waals surface area contributed by atoms with Crippen LogP contribution in [-0.4, -0.2) is 39.5 Å². The zero-order valence-electron chi connectivity index (χ0n) is 11.4. The largest absolute Gasteiger partial charge is 0.346 e. The molecule has 1 atom stereocenters. The van der Waals surface area contributed by atoms with Gasteiger partial charge in [-0.15, -0.1) is 0 Å². The smallest absolute Gasteiger partial charge is 0.271 e. The lowest BCUT2D eigenvalue weighted by Crippen LogP contribution is -2.36. The predicted molar refractivity (Wildman–Crippen MR) is 76.6 cm³/mol. The molecule has 1 saturated heterocycles. The molecule has 6 heteroatoms. The summed E-state index contributed by atoms with van der Waals surface area (Å²) in [6.45, 7) is 1.27. The second-order valence-electron chi connectivity index (χ2n) is 5.01. The number of nitrogens with zero attached hydrogens (tertiary/aromatic N) is 4. The SMILES string of the molecule is N#CN1CCC(NC(=O)c2cn(-c3ccccc3)cn2)C1. The molecule has 1 aromatic heterocycles. The first-order valence-corrected chi connectivity index (χ1v) is 6.81. The Morgan fingerprint density at radius 2 is 2.19 bits per heavy atom. The van der Waals surface area contributed by atoms with Crippen molar-refractivity contribution in [3.8, 4) is 11.9 Å². The third kappa shape index (κ3) is 2.87. The van der Waals surface area contributed by atoms with Gasteiger partial charge in [-0.25, -0.2) is 4.98 Å². The van der Waals surface area contributed by atoms with Gasteiger partial charge in [0, 0.05) is 31.0 Å². The maximum absolute atomic E-state index is 12.2. The van der Waals surface area contributed by atoms with Crippen molar-refractivity contribution in [1.82, 2.24) is 19.8 Å². The van der Waals surface area contributed by atoms with Crippen LogP contribution in [0.2, 0.25) is 0 Å². The van der Waals surface area contributed by atoms with Crippen LogP contribution in [0.4, 0.5) is 0 Å². The highest BCUT2D eigenvalue weighted by Crippen LogP contribution is 2.10. The normalized spacial score (nSPS) is 17.5. The van der Waals surface area contributed by atoms with E-state index in [1.807, 2.05) is 34.9 Å². The maximum atomic E-state index is 12.2. The summed E-state index contributed by atoms with van der Waals surface area (Å²) in [6, 6.07) is 9.72. The summed E-state index contributed by atoms with van der Waals surface area (Å²) in [7, 11) is 0. The Bertz CT molecular complexity index is 673. The van der Waals surface area contributed by atoms with Gasteiger partial charge in [-0.05, 0) is 18.6 Å². The van der Waals surface area contributed by atoms with Crippen molar-refractivity contribution in [2.45, 2.75) is 12.5 Å². The second-order valence-corrected chi connectivity index (χ2v) is 5.01. The van der Waals surface area contributed by atoms with Gasteiger partial charge in [0.05, 0.1) is 0 Å². The molecule has 1 unspecified atom stereocenters. The molecule has 1 fully saturated rings. The zero-order chi connectivity index (χ0) is 14.7. The van der Waals surface area contributed by atoms with Crippen LogP contribution in [0.25, 0.3) is 5.69 Å². The van der Waals surface area contributed by atoms with Gasteiger partial charge >= 0.3 is 0 Å². The summed E-state index contributed by atoms with van der Waals surface area (Å²) in [4.78, 5) is 17.9. The lowest BCUT2D eigenvalue weighted by molar-refractivity contribution is 0.0934. The number of aromatic nitrogens is 2. The molecule has 21 heavy (non-hydrogen) atoms. The van der Waals surface area contributed by atoms with Gasteiger partial charge in [0.15, 0.2) is 6.19 Å². The third-order valence-electron chi connectivity index (χ3n) is 3.53. The van der Waals surface area contributed by atoms with Crippen molar-refractivity contribution in [2.75, 3.05) is 13.1 Å². The second kappa shape index (κ2) is 5.67. The monoisotopic (exact) mass is 281 g/mol. The first kappa shape index (κ1) is 13.2. The van der Waals surface area contributed by atoms with Gasteiger partial charge < -0.3 is 14.8 Å². The van der Waals surface area contributed by atoms with Gasteiger partial charge in [-0.2, -0.15) is 5.26 Å². The van der Waals surface area contributed by atoms with Gasteiger partial charge in [-0.3, -0.25) is 4.79 Å². The zero-order valence-corrected chi connectivity index (χ0v) is 11.4. The Balaban J connectivity index is 1.67. The van der Waals surface area contributed by atoms with Crippen LogP contribution in [0, 0.1) is 11.5 Å². The van der Waals surface area contributed by atoms with Crippen molar-refractivity contribution in [2.24, 2.45) is 0 Å². The molecule has 3 rings (SSSR count). The average molecular weight is 281 g/mol. The molecular weight excluding hydrogens is 266 g/mol. The quantitative estimate of drug-likeness (QED) is 0.857. The standard InChI is InChI=1S/C15H15N5O/c16-10-19-7-6-12(8-19)18-15(21)14-9-20(11-17-14)13-4-2-1-3-5-13/h1-5,9,11-12H,6-8H2,(H,18,21). The molecule has 1 aliphatic rings. The average Bonchev–Trinajstić information content (AvgIpc) is 3.17. The van der Waals surface area contributed by atoms with E-state index < -0.39 is 0 Å². The predicted octanol–water partition coefficient (Wildman–Crippen LogP) is 1.16. The van der Waals surface area contributed by atoms with Crippen LogP contribution < -0.4 is 5.32 Å². The number of nitrogens with one attached hydrogen (secondary N) is 1. The third-order valence-corrected chi connectivity index (χ3v) is 3.53. The number of para-hydroxylation sites is 1. The molecule has 2 aromatic rings. The van der Waals surface area contributed by atoms with E-state index in [4.69, 9.17) is 5.26 Å². The fraction of sp³-hybridized carbons (Fsp3) is 0.267. The minimum Gasteiger partial charge on any atom is -0.346 e. The molecule has 106 valence electrons. The van der Waals surface area contributed by atoms with Gasteiger partial charge in [0.25, 0.3) is 5.91 Å². The molecular formula is C15H15N5O. The Labute approximate surface area is 122 Å². The van der Waals surface area contributed by atoms with Crippen molar-refractivity contribution in [3.63, 3.8) is 0 Å². The molecule has 1 aliphatic heterocycles. The number of carbonyl (C=O) groups is 1. The lowest BCUT2D eigenvalue weighted by Gasteiger charge is -2.10. The van der Waals surface area contributed by atoms with E-state index in [1.165, 1.54) is 0 Å². The molecule has 1 amide bonds. The number of benzene rings is 1. The summed E-state index contributed by atoms with van der Waals surface area (Å²) < 4.78 is 1.81. The summed E-state index contributed by atoms with van der Waals surface area (Å²) in [5.74, 6) is -0.200. The van der Waals surface area contributed by atoms with E-state index in [1.54, 1.807) is 17.4 Å². The molecule has 0 spiro atoms. The van der Waals surface area contributed by atoms with E-state index in [0.717, 1.165) is 12.1 Å². The Morgan fingerprint density at radius 3 is 2.90 bits per heavy atom. The van der Waals surface area contributed by atoms with Crippen molar-refractivity contribution < 1.29 is 4.79 Å². The van der Waals surface area contributed by atoms with Crippen LogP contribution in [0.5, 0.6) is 0 Å². The highest BCUT2D eigenvalue weighted by Gasteiger charge is 2.24. The van der Waals surface area contributed by atoms with Crippen LogP contribution in [-0.2, 0) is 0 Å². The van der Waals surface area contributed by atoms with E-state index in [2.05, 4.69) is 16.5 Å². The van der Waals surface area contributed by atoms with Crippen LogP contribution in [0.15, 0.2) is 42.9 Å². The van der Waals surface area contributed by atoms with Crippen molar-refractivity contribution in [3.05, 3.63) is 48.5 Å². The molecule has 0 radical (unpaired) electrons. The van der Waals surface area contributed by atoms with Gasteiger partial charge in [-0.1, -0.05) is 18.2 Å². The summed E-state index contributed by atoms with van der Waals surface area (Å²) in [6.07, 6.45) is 6.22. The number of rotatable bonds is 3. The molecule has 1 N–H and O–H groups in total. The number of likely N-dealkylation sites (tertiary alicyclic amines) is 1. The number of imidazole rings is 1. The fourth-order valence-corrected chi connectivity index (χ4v) is 2.41. The molecule has 0 saturated carbocycles. The number of carbonyl (C=O) groups excluding carboxylic acids is 1. The molecule has 2 heterocycles. The van der Waals surface area contributed by atoms with Gasteiger partial charge in [0.1, 0.15) is 12.0 Å². The number of hydrogen-bond acceptors (Lipinski definition) is 4. The summed E-state index contributed by atoms with van der Waals surface area (Å²) in [5.41, 5.74) is 1.34. The Kier molecular flexibility index (Phi) is 3.56. The summed E-state index contributed by atoms with van der Waals surface area (Å²) >= 11 is 0. The highest BCUT2D eigenvalue weighted by atomic mass is 16.2. The molecule has 0 aliphatic carbocycles. The number of hydrogen-bond donors (Lipinski definition) is 1. The van der Waals surface area contributed by atoms with Crippen LogP contribution in [0.1, 0.15) is 16.9 Å². The highest BCUT2D eigenvalue weighted by molar-refractivity contribution is 5.92. The maximum Gasteiger partial charge on any atom is 0.271 e. The molecule has 6 nitrogen and oxygen atoms in total. The van der Waals surface area contributed by atoms with Crippen molar-refractivity contribution >= 4 is 5.91 Å². The summed E-state index contributed by atoms with van der Waals surface area (Å²) in [5, 5.41) is 11.7. The number of nitriles is 1. The lowest BCUT2D eigenvalue weighted by atomic mass is 10.2. The minimum atomic E-state index is -0.200.